The van der Waals surface area contributed by atoms with Crippen molar-refractivity contribution in [2.45, 2.75) is 44.5 Å². The van der Waals surface area contributed by atoms with Crippen molar-refractivity contribution in [1.82, 2.24) is 9.97 Å². The minimum absolute atomic E-state index is 0.291. The number of thioether (sulfide) groups is 1. The number of hydrogen-bond donors (Lipinski definition) is 0. The second-order valence-electron chi connectivity index (χ2n) is 6.79. The number of nitrogens with zero attached hydrogens (tertiary/aromatic N) is 2. The molecule has 3 nitrogen and oxygen atoms in total. The van der Waals surface area contributed by atoms with E-state index in [1.165, 1.54) is 5.56 Å². The molecule has 0 N–H and O–H groups in total. The van der Waals surface area contributed by atoms with Crippen LogP contribution in [-0.4, -0.2) is 9.97 Å². The van der Waals surface area contributed by atoms with Crippen molar-refractivity contribution in [3.8, 4) is 11.6 Å². The monoisotopic (exact) mass is 398 g/mol. The van der Waals surface area contributed by atoms with Crippen molar-refractivity contribution in [2.24, 2.45) is 0 Å². The summed E-state index contributed by atoms with van der Waals surface area (Å²) in [4.78, 5) is 9.31. The maximum Gasteiger partial charge on any atom is 0.223 e. The third-order valence-corrected chi connectivity index (χ3v) is 5.47. The Kier molecular flexibility index (Phi) is 6.40. The van der Waals surface area contributed by atoms with Gasteiger partial charge in [0.05, 0.1) is 5.69 Å². The largest absolute Gasteiger partial charge is 0.439 e. The summed E-state index contributed by atoms with van der Waals surface area (Å²) >= 11 is 7.66. The molecule has 0 saturated heterocycles. The molecule has 0 spiro atoms. The molecule has 1 aromatic heterocycles. The smallest absolute Gasteiger partial charge is 0.223 e. The first kappa shape index (κ1) is 19.7. The fourth-order valence-electron chi connectivity index (χ4n) is 2.56. The molecule has 3 rings (SSSR count). The van der Waals surface area contributed by atoms with Crippen molar-refractivity contribution in [2.75, 3.05) is 0 Å². The normalized spacial score (nSPS) is 11.0. The lowest BCUT2D eigenvalue weighted by Gasteiger charge is -2.13. The van der Waals surface area contributed by atoms with Gasteiger partial charge in [0.15, 0.2) is 5.16 Å². The molecule has 0 aliphatic carbocycles. The molecular formula is C22H23ClN2OS. The van der Waals surface area contributed by atoms with Crippen molar-refractivity contribution < 1.29 is 4.74 Å². The van der Waals surface area contributed by atoms with E-state index in [4.69, 9.17) is 21.3 Å². The first-order valence-electron chi connectivity index (χ1n) is 8.92. The van der Waals surface area contributed by atoms with E-state index in [0.717, 1.165) is 33.3 Å². The Morgan fingerprint density at radius 2 is 1.81 bits per heavy atom. The predicted octanol–water partition coefficient (Wildman–Crippen LogP) is 6.95. The van der Waals surface area contributed by atoms with Crippen molar-refractivity contribution >= 4 is 23.4 Å². The lowest BCUT2D eigenvalue weighted by Crippen LogP contribution is -2.00. The zero-order valence-electron chi connectivity index (χ0n) is 16.0. The topological polar surface area (TPSA) is 35.0 Å². The minimum atomic E-state index is 0.291. The number of benzene rings is 2. The van der Waals surface area contributed by atoms with Crippen LogP contribution in [0.1, 0.15) is 42.1 Å². The Morgan fingerprint density at radius 1 is 1.04 bits per heavy atom. The summed E-state index contributed by atoms with van der Waals surface area (Å²) < 4.78 is 6.11. The number of aromatic nitrogens is 2. The maximum absolute atomic E-state index is 6.11. The molecule has 0 aliphatic rings. The van der Waals surface area contributed by atoms with Gasteiger partial charge in [0.1, 0.15) is 5.75 Å². The van der Waals surface area contributed by atoms with E-state index in [2.05, 4.69) is 44.8 Å². The van der Waals surface area contributed by atoms with Gasteiger partial charge in [-0.15, -0.1) is 0 Å². The summed E-state index contributed by atoms with van der Waals surface area (Å²) in [5, 5.41) is 1.45. The molecule has 0 bridgehead atoms. The number of ether oxygens (including phenoxy) is 1. The van der Waals surface area contributed by atoms with Crippen LogP contribution in [0.3, 0.4) is 0 Å². The Bertz CT molecular complexity index is 943. The van der Waals surface area contributed by atoms with E-state index in [1.807, 2.05) is 36.4 Å². The van der Waals surface area contributed by atoms with E-state index < -0.39 is 0 Å². The van der Waals surface area contributed by atoms with Crippen LogP contribution in [0.15, 0.2) is 53.7 Å². The van der Waals surface area contributed by atoms with Gasteiger partial charge in [-0.1, -0.05) is 61.5 Å². The Labute approximate surface area is 170 Å². The van der Waals surface area contributed by atoms with Crippen LogP contribution in [-0.2, 0) is 5.75 Å². The molecule has 0 radical (unpaired) electrons. The second-order valence-corrected chi connectivity index (χ2v) is 8.17. The molecular weight excluding hydrogens is 376 g/mol. The Hall–Kier alpha value is -2.04. The van der Waals surface area contributed by atoms with Gasteiger partial charge >= 0.3 is 0 Å². The van der Waals surface area contributed by atoms with E-state index in [0.29, 0.717) is 17.0 Å². The zero-order valence-corrected chi connectivity index (χ0v) is 17.6. The summed E-state index contributed by atoms with van der Waals surface area (Å²) in [6.45, 7) is 8.38. The van der Waals surface area contributed by atoms with E-state index in [9.17, 15) is 0 Å². The summed E-state index contributed by atoms with van der Waals surface area (Å²) in [6.07, 6.45) is 0. The van der Waals surface area contributed by atoms with Crippen LogP contribution in [0.25, 0.3) is 0 Å². The summed E-state index contributed by atoms with van der Waals surface area (Å²) in [5.74, 6) is 2.45. The average molecular weight is 399 g/mol. The average Bonchev–Trinajstić information content (AvgIpc) is 2.64. The highest BCUT2D eigenvalue weighted by atomic mass is 35.5. The molecule has 140 valence electrons. The number of aryl methyl sites for hydroxylation is 1. The standard InChI is InChI=1S/C22H23ClN2OS/c1-14(2)19-12-21(26-20-10-5-7-15(3)16(20)4)25-22(24-19)27-13-17-8-6-9-18(23)11-17/h5-12,14H,13H2,1-4H3. The van der Waals surface area contributed by atoms with Crippen LogP contribution in [0.2, 0.25) is 5.02 Å². The molecule has 1 heterocycles. The second kappa shape index (κ2) is 8.77. The number of halogens is 1. The quantitative estimate of drug-likeness (QED) is 0.332. The van der Waals surface area contributed by atoms with Crippen molar-refractivity contribution in [3.05, 3.63) is 75.9 Å². The van der Waals surface area contributed by atoms with Gasteiger partial charge in [0.2, 0.25) is 5.88 Å². The van der Waals surface area contributed by atoms with Crippen LogP contribution in [0.4, 0.5) is 0 Å². The zero-order chi connectivity index (χ0) is 19.4. The van der Waals surface area contributed by atoms with Gasteiger partial charge in [-0.05, 0) is 54.7 Å². The van der Waals surface area contributed by atoms with E-state index >= 15 is 0 Å². The molecule has 0 atom stereocenters. The molecule has 0 amide bonds. The lowest BCUT2D eigenvalue weighted by molar-refractivity contribution is 0.449. The van der Waals surface area contributed by atoms with Crippen LogP contribution >= 0.6 is 23.4 Å². The molecule has 0 saturated carbocycles. The highest BCUT2D eigenvalue weighted by molar-refractivity contribution is 7.98. The first-order valence-corrected chi connectivity index (χ1v) is 10.3. The Morgan fingerprint density at radius 3 is 2.56 bits per heavy atom. The summed E-state index contributed by atoms with van der Waals surface area (Å²) in [7, 11) is 0. The van der Waals surface area contributed by atoms with Gasteiger partial charge in [-0.3, -0.25) is 0 Å². The summed E-state index contributed by atoms with van der Waals surface area (Å²) in [5.41, 5.74) is 4.43. The molecule has 27 heavy (non-hydrogen) atoms. The molecule has 2 aromatic carbocycles. The van der Waals surface area contributed by atoms with Gasteiger partial charge in [0.25, 0.3) is 0 Å². The van der Waals surface area contributed by atoms with Crippen LogP contribution in [0.5, 0.6) is 11.6 Å². The third kappa shape index (κ3) is 5.24. The predicted molar refractivity (Wildman–Crippen MR) is 113 cm³/mol. The maximum atomic E-state index is 6.11. The number of rotatable bonds is 6. The fourth-order valence-corrected chi connectivity index (χ4v) is 3.57. The molecule has 3 aromatic rings. The first-order chi connectivity index (χ1) is 12.9. The van der Waals surface area contributed by atoms with Crippen molar-refractivity contribution in [3.63, 3.8) is 0 Å². The fraction of sp³-hybridized carbons (Fsp3) is 0.273. The SMILES string of the molecule is Cc1cccc(Oc2cc(C(C)C)nc(SCc3cccc(Cl)c3)n2)c1C. The highest BCUT2D eigenvalue weighted by Gasteiger charge is 2.12. The van der Waals surface area contributed by atoms with E-state index in [1.54, 1.807) is 11.8 Å². The summed E-state index contributed by atoms with van der Waals surface area (Å²) in [6, 6.07) is 15.8. The third-order valence-electron chi connectivity index (χ3n) is 4.32. The minimum Gasteiger partial charge on any atom is -0.439 e. The van der Waals surface area contributed by atoms with Crippen LogP contribution < -0.4 is 4.74 Å². The van der Waals surface area contributed by atoms with Gasteiger partial charge in [-0.25, -0.2) is 4.98 Å². The number of hydrogen-bond acceptors (Lipinski definition) is 4. The highest BCUT2D eigenvalue weighted by Crippen LogP contribution is 2.30. The Balaban J connectivity index is 1.85. The van der Waals surface area contributed by atoms with Crippen LogP contribution in [0, 0.1) is 13.8 Å². The molecule has 5 heteroatoms. The van der Waals surface area contributed by atoms with Gasteiger partial charge in [-0.2, -0.15) is 4.98 Å². The lowest BCUT2D eigenvalue weighted by atomic mass is 10.1. The van der Waals surface area contributed by atoms with E-state index in [-0.39, 0.29) is 0 Å². The molecule has 0 fully saturated rings. The van der Waals surface area contributed by atoms with Crippen molar-refractivity contribution in [1.29, 1.82) is 0 Å². The van der Waals surface area contributed by atoms with Gasteiger partial charge in [0, 0.05) is 16.8 Å². The van der Waals surface area contributed by atoms with Gasteiger partial charge < -0.3 is 4.74 Å². The molecule has 0 aliphatic heterocycles. The molecule has 0 unspecified atom stereocenters.